The van der Waals surface area contributed by atoms with E-state index in [1.807, 2.05) is 0 Å². The van der Waals surface area contributed by atoms with Crippen molar-refractivity contribution in [3.8, 4) is 0 Å². The summed E-state index contributed by atoms with van der Waals surface area (Å²) in [5.74, 6) is 0.844. The van der Waals surface area contributed by atoms with Crippen LogP contribution in [-0.4, -0.2) is 0 Å². The van der Waals surface area contributed by atoms with E-state index in [9.17, 15) is 0 Å². The zero-order valence-electron chi connectivity index (χ0n) is 11.8. The van der Waals surface area contributed by atoms with Crippen molar-refractivity contribution >= 4 is 15.9 Å². The highest BCUT2D eigenvalue weighted by molar-refractivity contribution is 9.10. The van der Waals surface area contributed by atoms with Crippen LogP contribution in [0.5, 0.6) is 0 Å². The van der Waals surface area contributed by atoms with Gasteiger partial charge in [-0.1, -0.05) is 58.4 Å². The van der Waals surface area contributed by atoms with Crippen LogP contribution in [0, 0.1) is 0 Å². The van der Waals surface area contributed by atoms with Gasteiger partial charge in [0.2, 0.25) is 0 Å². The minimum Gasteiger partial charge on any atom is -0.306 e. The van der Waals surface area contributed by atoms with Crippen LogP contribution in [0.3, 0.4) is 0 Å². The van der Waals surface area contributed by atoms with Crippen molar-refractivity contribution in [2.24, 2.45) is 0 Å². The molecule has 0 spiro atoms. The molecule has 0 radical (unpaired) electrons. The molecule has 1 atom stereocenters. The average molecular weight is 330 g/mol. The van der Waals surface area contributed by atoms with E-state index in [2.05, 4.69) is 76.7 Å². The Kier molecular flexibility index (Phi) is 4.23. The number of rotatable bonds is 5. The molecule has 0 amide bonds. The molecule has 2 aromatic rings. The van der Waals surface area contributed by atoms with Gasteiger partial charge in [0.1, 0.15) is 0 Å². The van der Waals surface area contributed by atoms with E-state index in [0.29, 0.717) is 6.04 Å². The molecule has 1 N–H and O–H groups in total. The Morgan fingerprint density at radius 3 is 2.45 bits per heavy atom. The van der Waals surface area contributed by atoms with Gasteiger partial charge < -0.3 is 5.32 Å². The zero-order valence-corrected chi connectivity index (χ0v) is 13.4. The summed E-state index contributed by atoms with van der Waals surface area (Å²) < 4.78 is 1.17. The molecular formula is C18H20BrN. The third kappa shape index (κ3) is 3.31. The van der Waals surface area contributed by atoms with Crippen LogP contribution in [-0.2, 0) is 6.54 Å². The minimum absolute atomic E-state index is 0.341. The lowest BCUT2D eigenvalue weighted by Gasteiger charge is -2.16. The normalized spacial score (nSPS) is 16.1. The van der Waals surface area contributed by atoms with Gasteiger partial charge in [-0.3, -0.25) is 0 Å². The second-order valence-corrected chi connectivity index (χ2v) is 6.49. The Hall–Kier alpha value is -1.12. The lowest BCUT2D eigenvalue weighted by Crippen LogP contribution is -2.18. The molecule has 0 aromatic heterocycles. The van der Waals surface area contributed by atoms with E-state index < -0.39 is 0 Å². The second kappa shape index (κ2) is 6.11. The van der Waals surface area contributed by atoms with E-state index in [-0.39, 0.29) is 0 Å². The topological polar surface area (TPSA) is 12.0 Å². The van der Waals surface area contributed by atoms with Gasteiger partial charge in [0.15, 0.2) is 0 Å². The van der Waals surface area contributed by atoms with Gasteiger partial charge in [0.25, 0.3) is 0 Å². The summed E-state index contributed by atoms with van der Waals surface area (Å²) in [7, 11) is 0. The summed E-state index contributed by atoms with van der Waals surface area (Å²) in [6.07, 6.45) is 2.74. The van der Waals surface area contributed by atoms with Gasteiger partial charge in [-0.2, -0.15) is 0 Å². The lowest BCUT2D eigenvalue weighted by molar-refractivity contribution is 0.573. The summed E-state index contributed by atoms with van der Waals surface area (Å²) >= 11 is 3.62. The van der Waals surface area contributed by atoms with Gasteiger partial charge in [-0.05, 0) is 48.4 Å². The highest BCUT2D eigenvalue weighted by atomic mass is 79.9. The number of halogens is 1. The maximum Gasteiger partial charge on any atom is 0.0306 e. The average Bonchev–Trinajstić information content (AvgIpc) is 3.30. The van der Waals surface area contributed by atoms with Crippen molar-refractivity contribution in [2.75, 3.05) is 0 Å². The molecule has 1 saturated carbocycles. The highest BCUT2D eigenvalue weighted by Crippen LogP contribution is 2.39. The van der Waals surface area contributed by atoms with Crippen molar-refractivity contribution in [3.05, 3.63) is 69.7 Å². The Morgan fingerprint density at radius 2 is 1.80 bits per heavy atom. The SMILES string of the molecule is C[C@@H](NCc1ccc(C2CC2)cc1)c1ccccc1Br. The predicted octanol–water partition coefficient (Wildman–Crippen LogP) is 5.18. The predicted molar refractivity (Wildman–Crippen MR) is 87.8 cm³/mol. The third-order valence-electron chi connectivity index (χ3n) is 4.01. The fraction of sp³-hybridized carbons (Fsp3) is 0.333. The van der Waals surface area contributed by atoms with Crippen LogP contribution >= 0.6 is 15.9 Å². The van der Waals surface area contributed by atoms with Gasteiger partial charge >= 0.3 is 0 Å². The quantitative estimate of drug-likeness (QED) is 0.797. The molecule has 104 valence electrons. The van der Waals surface area contributed by atoms with Crippen molar-refractivity contribution < 1.29 is 0 Å². The molecule has 1 nitrogen and oxygen atoms in total. The number of hydrogen-bond acceptors (Lipinski definition) is 1. The fourth-order valence-electron chi connectivity index (χ4n) is 2.53. The van der Waals surface area contributed by atoms with Crippen LogP contribution in [0.4, 0.5) is 0 Å². The maximum absolute atomic E-state index is 3.62. The maximum atomic E-state index is 3.62. The summed E-state index contributed by atoms with van der Waals surface area (Å²) in [4.78, 5) is 0. The highest BCUT2D eigenvalue weighted by Gasteiger charge is 2.22. The molecule has 0 saturated heterocycles. The molecule has 0 bridgehead atoms. The molecule has 0 heterocycles. The third-order valence-corrected chi connectivity index (χ3v) is 4.73. The Balaban J connectivity index is 1.59. The zero-order chi connectivity index (χ0) is 13.9. The molecular weight excluding hydrogens is 310 g/mol. The first-order valence-corrected chi connectivity index (χ1v) is 8.10. The molecule has 1 aliphatic rings. The first-order chi connectivity index (χ1) is 9.74. The van der Waals surface area contributed by atoms with Crippen LogP contribution in [0.25, 0.3) is 0 Å². The molecule has 2 aromatic carbocycles. The van der Waals surface area contributed by atoms with Crippen LogP contribution in [0.1, 0.15) is 48.4 Å². The van der Waals surface area contributed by atoms with Gasteiger partial charge in [0.05, 0.1) is 0 Å². The summed E-state index contributed by atoms with van der Waals surface area (Å²) in [5.41, 5.74) is 4.17. The Bertz CT molecular complexity index is 572. The number of benzene rings is 2. The molecule has 1 fully saturated rings. The van der Waals surface area contributed by atoms with Crippen molar-refractivity contribution in [1.29, 1.82) is 0 Å². The summed E-state index contributed by atoms with van der Waals surface area (Å²) in [6.45, 7) is 3.12. The first-order valence-electron chi connectivity index (χ1n) is 7.30. The molecule has 0 unspecified atom stereocenters. The summed E-state index contributed by atoms with van der Waals surface area (Å²) in [6, 6.07) is 17.8. The van der Waals surface area contributed by atoms with E-state index in [1.165, 1.54) is 34.0 Å². The van der Waals surface area contributed by atoms with Crippen molar-refractivity contribution in [2.45, 2.75) is 38.3 Å². The van der Waals surface area contributed by atoms with Gasteiger partial charge in [-0.15, -0.1) is 0 Å². The van der Waals surface area contributed by atoms with Crippen LogP contribution in [0.2, 0.25) is 0 Å². The molecule has 2 heteroatoms. The summed E-state index contributed by atoms with van der Waals surface area (Å²) in [5, 5.41) is 3.59. The standard InChI is InChI=1S/C18H20BrN/c1-13(17-4-2-3-5-18(17)19)20-12-14-6-8-15(9-7-14)16-10-11-16/h2-9,13,16,20H,10-12H2,1H3/t13-/m1/s1. The monoisotopic (exact) mass is 329 g/mol. The van der Waals surface area contributed by atoms with E-state index in [4.69, 9.17) is 0 Å². The Labute approximate surface area is 129 Å². The molecule has 1 aliphatic carbocycles. The van der Waals surface area contributed by atoms with Crippen LogP contribution < -0.4 is 5.32 Å². The van der Waals surface area contributed by atoms with E-state index >= 15 is 0 Å². The molecule has 20 heavy (non-hydrogen) atoms. The van der Waals surface area contributed by atoms with Gasteiger partial charge in [0, 0.05) is 17.1 Å². The second-order valence-electron chi connectivity index (χ2n) is 5.64. The number of hydrogen-bond donors (Lipinski definition) is 1. The van der Waals surface area contributed by atoms with E-state index in [1.54, 1.807) is 0 Å². The minimum atomic E-state index is 0.341. The van der Waals surface area contributed by atoms with Crippen molar-refractivity contribution in [1.82, 2.24) is 5.32 Å². The smallest absolute Gasteiger partial charge is 0.0306 e. The largest absolute Gasteiger partial charge is 0.306 e. The molecule has 3 rings (SSSR count). The Morgan fingerprint density at radius 1 is 1.10 bits per heavy atom. The number of nitrogens with one attached hydrogen (secondary N) is 1. The first kappa shape index (κ1) is 13.8. The van der Waals surface area contributed by atoms with Crippen molar-refractivity contribution in [3.63, 3.8) is 0 Å². The fourth-order valence-corrected chi connectivity index (χ4v) is 3.16. The van der Waals surface area contributed by atoms with E-state index in [0.717, 1.165) is 12.5 Å². The van der Waals surface area contributed by atoms with Crippen LogP contribution in [0.15, 0.2) is 53.0 Å². The molecule has 0 aliphatic heterocycles. The lowest BCUT2D eigenvalue weighted by atomic mass is 10.1. The van der Waals surface area contributed by atoms with Gasteiger partial charge in [-0.25, -0.2) is 0 Å².